The molecule has 142 valence electrons. The molecule has 2 aromatic rings. The lowest BCUT2D eigenvalue weighted by Crippen LogP contribution is -2.37. The highest BCUT2D eigenvalue weighted by atomic mass is 79.9. The van der Waals surface area contributed by atoms with Crippen molar-refractivity contribution in [1.29, 1.82) is 0 Å². The van der Waals surface area contributed by atoms with Crippen LogP contribution in [0.15, 0.2) is 59.1 Å². The molecule has 0 aromatic heterocycles. The average Bonchev–Trinajstić information content (AvgIpc) is 3.11. The van der Waals surface area contributed by atoms with Crippen molar-refractivity contribution in [2.45, 2.75) is 18.6 Å². The molecule has 1 N–H and O–H groups in total. The van der Waals surface area contributed by atoms with E-state index in [9.17, 15) is 9.59 Å². The Morgan fingerprint density at radius 2 is 1.93 bits per heavy atom. The average molecular weight is 434 g/mol. The molecule has 1 aliphatic rings. The molecule has 0 saturated carbocycles. The van der Waals surface area contributed by atoms with E-state index in [-0.39, 0.29) is 13.2 Å². The van der Waals surface area contributed by atoms with Crippen LogP contribution < -0.4 is 0 Å². The predicted octanol–water partition coefficient (Wildman–Crippen LogP) is 3.79. The molecule has 7 heteroatoms. The van der Waals surface area contributed by atoms with E-state index in [0.717, 1.165) is 15.6 Å². The normalized spacial score (nSPS) is 19.1. The van der Waals surface area contributed by atoms with Crippen molar-refractivity contribution in [2.24, 2.45) is 0 Å². The van der Waals surface area contributed by atoms with E-state index in [2.05, 4.69) is 15.9 Å². The van der Waals surface area contributed by atoms with Crippen LogP contribution in [0.1, 0.15) is 17.5 Å². The van der Waals surface area contributed by atoms with E-state index >= 15 is 0 Å². The van der Waals surface area contributed by atoms with Gasteiger partial charge in [-0.3, -0.25) is 0 Å². The quantitative estimate of drug-likeness (QED) is 0.749. The lowest BCUT2D eigenvalue weighted by Gasteiger charge is -2.29. The van der Waals surface area contributed by atoms with Gasteiger partial charge in [0.05, 0.1) is 6.54 Å². The molecular formula is C20H20BrNO5. The van der Waals surface area contributed by atoms with Gasteiger partial charge in [-0.05, 0) is 23.3 Å². The summed E-state index contributed by atoms with van der Waals surface area (Å²) < 4.78 is 12.0. The molecule has 6 nitrogen and oxygen atoms in total. The van der Waals surface area contributed by atoms with Gasteiger partial charge in [0.1, 0.15) is 18.8 Å². The molecule has 2 aromatic carbocycles. The zero-order valence-electron chi connectivity index (χ0n) is 14.6. The third-order valence-electron chi connectivity index (χ3n) is 4.52. The molecule has 0 radical (unpaired) electrons. The summed E-state index contributed by atoms with van der Waals surface area (Å²) in [6, 6.07) is 17.0. The smallest absolute Gasteiger partial charge is 0.410 e. The minimum Gasteiger partial charge on any atom is -0.480 e. The van der Waals surface area contributed by atoms with Crippen molar-refractivity contribution in [3.63, 3.8) is 0 Å². The Morgan fingerprint density at radius 3 is 2.63 bits per heavy atom. The van der Waals surface area contributed by atoms with E-state index in [0.29, 0.717) is 13.0 Å². The maximum atomic E-state index is 12.5. The molecule has 1 atom stereocenters. The molecule has 1 saturated heterocycles. The molecule has 1 unspecified atom stereocenters. The number of amides is 1. The van der Waals surface area contributed by atoms with E-state index < -0.39 is 24.3 Å². The molecule has 1 amide bonds. The van der Waals surface area contributed by atoms with Crippen molar-refractivity contribution in [3.8, 4) is 0 Å². The van der Waals surface area contributed by atoms with Crippen molar-refractivity contribution in [3.05, 3.63) is 70.2 Å². The van der Waals surface area contributed by atoms with Gasteiger partial charge in [-0.15, -0.1) is 0 Å². The lowest BCUT2D eigenvalue weighted by molar-refractivity contribution is -0.149. The summed E-state index contributed by atoms with van der Waals surface area (Å²) in [6.45, 7) is 0.430. The lowest BCUT2D eigenvalue weighted by atomic mass is 9.92. The summed E-state index contributed by atoms with van der Waals surface area (Å²) in [6.07, 6.45) is 0.0617. The second kappa shape index (κ2) is 8.54. The monoisotopic (exact) mass is 433 g/mol. The third-order valence-corrected chi connectivity index (χ3v) is 5.01. The maximum Gasteiger partial charge on any atom is 0.410 e. The molecular weight excluding hydrogens is 414 g/mol. The van der Waals surface area contributed by atoms with Gasteiger partial charge in [-0.1, -0.05) is 58.4 Å². The molecule has 1 fully saturated rings. The number of likely N-dealkylation sites (tertiary alicyclic amines) is 1. The molecule has 0 bridgehead atoms. The van der Waals surface area contributed by atoms with Crippen LogP contribution in [-0.4, -0.2) is 41.8 Å². The molecule has 0 spiro atoms. The minimum atomic E-state index is -1.05. The second-order valence-corrected chi connectivity index (χ2v) is 7.31. The first-order chi connectivity index (χ1) is 13.0. The van der Waals surface area contributed by atoms with E-state index in [1.54, 1.807) is 4.90 Å². The number of ether oxygens (including phenoxy) is 2. The number of halogens is 1. The Hall–Kier alpha value is -2.38. The van der Waals surface area contributed by atoms with Gasteiger partial charge in [-0.25, -0.2) is 9.59 Å². The van der Waals surface area contributed by atoms with Crippen LogP contribution in [0, 0.1) is 0 Å². The van der Waals surface area contributed by atoms with Crippen LogP contribution in [-0.2, 0) is 26.5 Å². The number of benzene rings is 2. The standard InChI is InChI=1S/C20H20BrNO5/c21-17-8-4-7-16(11-17)20(27-13-18(23)24)9-10-22(14-20)19(25)26-12-15-5-2-1-3-6-15/h1-8,11H,9-10,12-14H2,(H,23,24). The summed E-state index contributed by atoms with van der Waals surface area (Å²) in [7, 11) is 0. The highest BCUT2D eigenvalue weighted by Gasteiger charge is 2.43. The first kappa shape index (κ1) is 19.4. The van der Waals surface area contributed by atoms with Crippen LogP contribution in [0.4, 0.5) is 4.79 Å². The molecule has 3 rings (SSSR count). The van der Waals surface area contributed by atoms with Crippen molar-refractivity contribution in [2.75, 3.05) is 19.7 Å². The fourth-order valence-electron chi connectivity index (χ4n) is 3.16. The summed E-state index contributed by atoms with van der Waals surface area (Å²) in [5.74, 6) is -1.05. The van der Waals surface area contributed by atoms with Gasteiger partial charge in [0.15, 0.2) is 0 Å². The van der Waals surface area contributed by atoms with Crippen LogP contribution in [0.25, 0.3) is 0 Å². The fraction of sp³-hybridized carbons (Fsp3) is 0.300. The van der Waals surface area contributed by atoms with Gasteiger partial charge in [0.25, 0.3) is 0 Å². The van der Waals surface area contributed by atoms with Crippen molar-refractivity contribution >= 4 is 28.0 Å². The van der Waals surface area contributed by atoms with Gasteiger partial charge < -0.3 is 19.5 Å². The first-order valence-electron chi connectivity index (χ1n) is 8.56. The number of nitrogens with zero attached hydrogens (tertiary/aromatic N) is 1. The Balaban J connectivity index is 1.71. The molecule has 1 heterocycles. The van der Waals surface area contributed by atoms with Gasteiger partial charge in [0.2, 0.25) is 0 Å². The zero-order valence-corrected chi connectivity index (χ0v) is 16.2. The number of carboxylic acids is 1. The van der Waals surface area contributed by atoms with Gasteiger partial charge in [0, 0.05) is 17.4 Å². The Labute approximate surface area is 165 Å². The Morgan fingerprint density at radius 1 is 1.15 bits per heavy atom. The fourth-order valence-corrected chi connectivity index (χ4v) is 3.56. The number of carbonyl (C=O) groups is 2. The predicted molar refractivity (Wildman–Crippen MR) is 102 cm³/mol. The number of carbonyl (C=O) groups excluding carboxylic acids is 1. The highest BCUT2D eigenvalue weighted by molar-refractivity contribution is 9.10. The number of carboxylic acid groups (broad SMARTS) is 1. The largest absolute Gasteiger partial charge is 0.480 e. The van der Waals surface area contributed by atoms with Crippen LogP contribution in [0.5, 0.6) is 0 Å². The topological polar surface area (TPSA) is 76.1 Å². The van der Waals surface area contributed by atoms with Gasteiger partial charge >= 0.3 is 12.1 Å². The number of hydrogen-bond donors (Lipinski definition) is 1. The number of hydrogen-bond acceptors (Lipinski definition) is 4. The summed E-state index contributed by atoms with van der Waals surface area (Å²) >= 11 is 3.43. The maximum absolute atomic E-state index is 12.5. The van der Waals surface area contributed by atoms with Crippen molar-refractivity contribution < 1.29 is 24.2 Å². The second-order valence-electron chi connectivity index (χ2n) is 6.40. The van der Waals surface area contributed by atoms with E-state index in [1.807, 2.05) is 54.6 Å². The molecule has 1 aliphatic heterocycles. The van der Waals surface area contributed by atoms with Crippen LogP contribution >= 0.6 is 15.9 Å². The third kappa shape index (κ3) is 4.87. The van der Waals surface area contributed by atoms with Crippen LogP contribution in [0.3, 0.4) is 0 Å². The van der Waals surface area contributed by atoms with Crippen LogP contribution in [0.2, 0.25) is 0 Å². The summed E-state index contributed by atoms with van der Waals surface area (Å²) in [5, 5.41) is 9.04. The summed E-state index contributed by atoms with van der Waals surface area (Å²) in [5.41, 5.74) is 0.871. The minimum absolute atomic E-state index is 0.191. The van der Waals surface area contributed by atoms with Crippen molar-refractivity contribution in [1.82, 2.24) is 4.90 Å². The van der Waals surface area contributed by atoms with Gasteiger partial charge in [-0.2, -0.15) is 0 Å². The van der Waals surface area contributed by atoms with E-state index in [4.69, 9.17) is 14.6 Å². The number of rotatable bonds is 6. The first-order valence-corrected chi connectivity index (χ1v) is 9.35. The number of aliphatic carboxylic acids is 1. The van der Waals surface area contributed by atoms with E-state index in [1.165, 1.54) is 0 Å². The highest BCUT2D eigenvalue weighted by Crippen LogP contribution is 2.37. The SMILES string of the molecule is O=C(O)COC1(c2cccc(Br)c2)CCN(C(=O)OCc2ccccc2)C1. The molecule has 0 aliphatic carbocycles. The molecule has 27 heavy (non-hydrogen) atoms. The Bertz CT molecular complexity index is 813. The summed E-state index contributed by atoms with van der Waals surface area (Å²) in [4.78, 5) is 25.1. The zero-order chi connectivity index (χ0) is 19.3. The Kier molecular flexibility index (Phi) is 6.13.